The summed E-state index contributed by atoms with van der Waals surface area (Å²) in [5.41, 5.74) is 1.18. The number of aromatic nitrogens is 2. The summed E-state index contributed by atoms with van der Waals surface area (Å²) in [6.45, 7) is 0.222. The van der Waals surface area contributed by atoms with Crippen molar-refractivity contribution in [1.29, 1.82) is 0 Å². The third-order valence-electron chi connectivity index (χ3n) is 2.66. The van der Waals surface area contributed by atoms with Gasteiger partial charge in [0.1, 0.15) is 11.5 Å². The lowest BCUT2D eigenvalue weighted by atomic mass is 10.3. The van der Waals surface area contributed by atoms with Crippen molar-refractivity contribution in [1.82, 2.24) is 14.3 Å². The molecule has 0 bridgehead atoms. The second-order valence-corrected chi connectivity index (χ2v) is 4.06. The molecular weight excluding hydrogens is 237 g/mol. The highest BCUT2D eigenvalue weighted by molar-refractivity contribution is 5.78. The van der Waals surface area contributed by atoms with Crippen LogP contribution in [0.3, 0.4) is 0 Å². The van der Waals surface area contributed by atoms with Crippen LogP contribution in [-0.2, 0) is 11.2 Å². The van der Waals surface area contributed by atoms with E-state index in [4.69, 9.17) is 5.11 Å². The number of nitrogens with zero attached hydrogens (tertiary/aromatic N) is 3. The van der Waals surface area contributed by atoms with E-state index in [0.29, 0.717) is 17.9 Å². The largest absolute Gasteiger partial charge is 0.395 e. The zero-order valence-corrected chi connectivity index (χ0v) is 10.0. The fourth-order valence-electron chi connectivity index (χ4n) is 1.67. The number of imidazole rings is 1. The SMILES string of the molecule is CN(CCO)C(=O)Cc1cn2cc(F)ccc2n1. The van der Waals surface area contributed by atoms with Crippen molar-refractivity contribution in [2.45, 2.75) is 6.42 Å². The molecule has 2 rings (SSSR count). The molecule has 2 heterocycles. The summed E-state index contributed by atoms with van der Waals surface area (Å²) >= 11 is 0. The van der Waals surface area contributed by atoms with Gasteiger partial charge in [-0.1, -0.05) is 0 Å². The van der Waals surface area contributed by atoms with Gasteiger partial charge in [0.25, 0.3) is 0 Å². The Labute approximate surface area is 103 Å². The van der Waals surface area contributed by atoms with E-state index in [9.17, 15) is 9.18 Å². The average molecular weight is 251 g/mol. The molecule has 0 aromatic carbocycles. The van der Waals surface area contributed by atoms with E-state index in [1.54, 1.807) is 23.7 Å². The van der Waals surface area contributed by atoms with Crippen LogP contribution in [0.15, 0.2) is 24.5 Å². The fourth-order valence-corrected chi connectivity index (χ4v) is 1.67. The van der Waals surface area contributed by atoms with Crippen LogP contribution in [-0.4, -0.2) is 45.5 Å². The third kappa shape index (κ3) is 2.65. The first kappa shape index (κ1) is 12.5. The van der Waals surface area contributed by atoms with Gasteiger partial charge < -0.3 is 14.4 Å². The number of hydrogen-bond acceptors (Lipinski definition) is 3. The number of carbonyl (C=O) groups is 1. The summed E-state index contributed by atoms with van der Waals surface area (Å²) < 4.78 is 14.5. The number of hydrogen-bond donors (Lipinski definition) is 1. The predicted octanol–water partition coefficient (Wildman–Crippen LogP) is 0.467. The van der Waals surface area contributed by atoms with Crippen molar-refractivity contribution in [2.75, 3.05) is 20.2 Å². The first-order chi connectivity index (χ1) is 8.60. The molecule has 0 unspecified atom stereocenters. The van der Waals surface area contributed by atoms with Gasteiger partial charge in [0.05, 0.1) is 18.7 Å². The molecule has 0 radical (unpaired) electrons. The van der Waals surface area contributed by atoms with Gasteiger partial charge in [-0.05, 0) is 12.1 Å². The number of halogens is 1. The van der Waals surface area contributed by atoms with Gasteiger partial charge in [0.15, 0.2) is 0 Å². The molecule has 0 aliphatic rings. The predicted molar refractivity (Wildman–Crippen MR) is 63.6 cm³/mol. The van der Waals surface area contributed by atoms with Crippen molar-refractivity contribution in [3.05, 3.63) is 36.0 Å². The highest BCUT2D eigenvalue weighted by Gasteiger charge is 2.11. The van der Waals surface area contributed by atoms with Gasteiger partial charge in [0, 0.05) is 26.0 Å². The molecule has 0 aliphatic carbocycles. The molecule has 0 atom stereocenters. The van der Waals surface area contributed by atoms with Crippen molar-refractivity contribution in [2.24, 2.45) is 0 Å². The minimum Gasteiger partial charge on any atom is -0.395 e. The van der Waals surface area contributed by atoms with Crippen LogP contribution in [0, 0.1) is 5.82 Å². The van der Waals surface area contributed by atoms with Gasteiger partial charge in [-0.15, -0.1) is 0 Å². The molecule has 2 aromatic heterocycles. The first-order valence-corrected chi connectivity index (χ1v) is 5.58. The molecule has 1 amide bonds. The number of rotatable bonds is 4. The molecule has 18 heavy (non-hydrogen) atoms. The Morgan fingerprint density at radius 3 is 3.00 bits per heavy atom. The second kappa shape index (κ2) is 5.14. The van der Waals surface area contributed by atoms with Crippen LogP contribution in [0.2, 0.25) is 0 Å². The molecule has 6 heteroatoms. The average Bonchev–Trinajstić information content (AvgIpc) is 2.70. The fraction of sp³-hybridized carbons (Fsp3) is 0.333. The number of amides is 1. The van der Waals surface area contributed by atoms with Crippen LogP contribution in [0.5, 0.6) is 0 Å². The maximum absolute atomic E-state index is 13.0. The standard InChI is InChI=1S/C12H14FN3O2/c1-15(4-5-17)12(18)6-10-8-16-7-9(13)2-3-11(16)14-10/h2-3,7-8,17H,4-6H2,1H3. The highest BCUT2D eigenvalue weighted by atomic mass is 19.1. The Morgan fingerprint density at radius 1 is 1.50 bits per heavy atom. The van der Waals surface area contributed by atoms with Crippen LogP contribution in [0.4, 0.5) is 4.39 Å². The molecule has 5 nitrogen and oxygen atoms in total. The Hall–Kier alpha value is -1.95. The summed E-state index contributed by atoms with van der Waals surface area (Å²) in [5.74, 6) is -0.483. The van der Waals surface area contributed by atoms with Gasteiger partial charge >= 0.3 is 0 Å². The molecule has 1 N–H and O–H groups in total. The molecule has 96 valence electrons. The summed E-state index contributed by atoms with van der Waals surface area (Å²) in [5, 5.41) is 8.74. The number of likely N-dealkylation sites (N-methyl/N-ethyl adjacent to an activating group) is 1. The normalized spacial score (nSPS) is 10.8. The van der Waals surface area contributed by atoms with Crippen molar-refractivity contribution in [3.8, 4) is 0 Å². The van der Waals surface area contributed by atoms with Crippen molar-refractivity contribution >= 4 is 11.6 Å². The van der Waals surface area contributed by atoms with Crippen molar-refractivity contribution in [3.63, 3.8) is 0 Å². The van der Waals surface area contributed by atoms with Gasteiger partial charge in [-0.25, -0.2) is 9.37 Å². The zero-order chi connectivity index (χ0) is 13.1. The van der Waals surface area contributed by atoms with Gasteiger partial charge in [-0.3, -0.25) is 4.79 Å². The minimum atomic E-state index is -0.352. The lowest BCUT2D eigenvalue weighted by molar-refractivity contribution is -0.129. The quantitative estimate of drug-likeness (QED) is 0.859. The van der Waals surface area contributed by atoms with Crippen LogP contribution < -0.4 is 0 Å². The summed E-state index contributed by atoms with van der Waals surface area (Å²) in [4.78, 5) is 17.4. The van der Waals surface area contributed by atoms with E-state index < -0.39 is 0 Å². The Morgan fingerprint density at radius 2 is 2.28 bits per heavy atom. The van der Waals surface area contributed by atoms with Crippen LogP contribution >= 0.6 is 0 Å². The molecular formula is C12H14FN3O2. The first-order valence-electron chi connectivity index (χ1n) is 5.58. The van der Waals surface area contributed by atoms with Crippen LogP contribution in [0.25, 0.3) is 5.65 Å². The van der Waals surface area contributed by atoms with Crippen LogP contribution in [0.1, 0.15) is 5.69 Å². The summed E-state index contributed by atoms with van der Waals surface area (Å²) in [7, 11) is 1.62. The molecule has 0 fully saturated rings. The Bertz CT molecular complexity index is 567. The molecule has 2 aromatic rings. The van der Waals surface area contributed by atoms with Crippen molar-refractivity contribution < 1.29 is 14.3 Å². The Kier molecular flexibility index (Phi) is 3.57. The lowest BCUT2D eigenvalue weighted by Crippen LogP contribution is -2.30. The van der Waals surface area contributed by atoms with E-state index in [1.165, 1.54) is 17.2 Å². The van der Waals surface area contributed by atoms with E-state index in [-0.39, 0.29) is 24.8 Å². The highest BCUT2D eigenvalue weighted by Crippen LogP contribution is 2.08. The number of carbonyl (C=O) groups excluding carboxylic acids is 1. The van der Waals surface area contributed by atoms with Gasteiger partial charge in [0.2, 0.25) is 5.91 Å². The van der Waals surface area contributed by atoms with E-state index >= 15 is 0 Å². The number of aliphatic hydroxyl groups excluding tert-OH is 1. The van der Waals surface area contributed by atoms with E-state index in [1.807, 2.05) is 0 Å². The lowest BCUT2D eigenvalue weighted by Gasteiger charge is -2.14. The number of fused-ring (bicyclic) bond motifs is 1. The molecule has 0 aliphatic heterocycles. The van der Waals surface area contributed by atoms with Gasteiger partial charge in [-0.2, -0.15) is 0 Å². The topological polar surface area (TPSA) is 57.8 Å². The number of pyridine rings is 1. The molecule has 0 saturated carbocycles. The van der Waals surface area contributed by atoms with E-state index in [0.717, 1.165) is 0 Å². The smallest absolute Gasteiger partial charge is 0.228 e. The summed E-state index contributed by atoms with van der Waals surface area (Å²) in [6, 6.07) is 2.88. The maximum atomic E-state index is 13.0. The number of aliphatic hydroxyl groups is 1. The molecule has 0 spiro atoms. The summed E-state index contributed by atoms with van der Waals surface area (Å²) in [6.07, 6.45) is 3.08. The third-order valence-corrected chi connectivity index (χ3v) is 2.66. The zero-order valence-electron chi connectivity index (χ0n) is 10.0. The second-order valence-electron chi connectivity index (χ2n) is 4.06. The van der Waals surface area contributed by atoms with E-state index in [2.05, 4.69) is 4.98 Å². The minimum absolute atomic E-state index is 0.0708. The Balaban J connectivity index is 2.14. The molecule has 0 saturated heterocycles. The maximum Gasteiger partial charge on any atom is 0.228 e. The monoisotopic (exact) mass is 251 g/mol.